The van der Waals surface area contributed by atoms with Gasteiger partial charge in [0.2, 0.25) is 5.91 Å². The molecule has 4 heteroatoms. The average Bonchev–Trinajstić information content (AvgIpc) is 2.66. The van der Waals surface area contributed by atoms with Crippen molar-refractivity contribution < 1.29 is 9.53 Å². The number of ether oxygens (including phenoxy) is 1. The topological polar surface area (TPSA) is 55.6 Å². The molecule has 2 N–H and O–H groups in total. The van der Waals surface area contributed by atoms with Crippen LogP contribution in [0.2, 0.25) is 0 Å². The van der Waals surface area contributed by atoms with Gasteiger partial charge in [-0.15, -0.1) is 0 Å². The average molecular weight is 322 g/mol. The number of nitrogens with two attached hydrogens (primary N) is 1. The number of fused-ring (bicyclic) bond motifs is 2. The molecule has 0 spiro atoms. The highest BCUT2D eigenvalue weighted by molar-refractivity contribution is 5.89. The van der Waals surface area contributed by atoms with Crippen LogP contribution in [0.3, 0.4) is 0 Å². The molecule has 1 saturated heterocycles. The summed E-state index contributed by atoms with van der Waals surface area (Å²) in [6.45, 7) is 14.7. The summed E-state index contributed by atoms with van der Waals surface area (Å²) in [5, 5.41) is 0. The quantitative estimate of drug-likeness (QED) is 0.869. The van der Waals surface area contributed by atoms with E-state index in [2.05, 4.69) is 39.5 Å². The fourth-order valence-corrected chi connectivity index (χ4v) is 5.75. The van der Waals surface area contributed by atoms with Crippen LogP contribution in [0.25, 0.3) is 0 Å². The molecule has 1 heterocycles. The summed E-state index contributed by atoms with van der Waals surface area (Å²) in [7, 11) is 0. The number of amides is 1. The molecule has 1 aliphatic heterocycles. The highest BCUT2D eigenvalue weighted by atomic mass is 16.5. The molecular formula is C19H34N2O2. The van der Waals surface area contributed by atoms with Gasteiger partial charge in [0.15, 0.2) is 0 Å². The third-order valence-electron chi connectivity index (χ3n) is 6.89. The summed E-state index contributed by atoms with van der Waals surface area (Å²) in [5.74, 6) is 0.157. The van der Waals surface area contributed by atoms with Crippen LogP contribution in [0, 0.1) is 16.2 Å². The molecule has 0 aromatic rings. The smallest absolute Gasteiger partial charge is 0.243 e. The lowest BCUT2D eigenvalue weighted by Gasteiger charge is -2.58. The molecule has 3 fully saturated rings. The molecule has 4 nitrogen and oxygen atoms in total. The van der Waals surface area contributed by atoms with Gasteiger partial charge in [-0.2, -0.15) is 0 Å². The lowest BCUT2D eigenvalue weighted by molar-refractivity contribution is -0.180. The minimum Gasteiger partial charge on any atom is -0.378 e. The van der Waals surface area contributed by atoms with Gasteiger partial charge in [0.05, 0.1) is 6.10 Å². The number of hydrogen-bond donors (Lipinski definition) is 1. The van der Waals surface area contributed by atoms with Crippen LogP contribution in [0.5, 0.6) is 0 Å². The number of likely N-dealkylation sites (tertiary alicyclic amines) is 1. The standard InChI is InChI=1S/C19H34N2O2/c1-7-23-14-10-19(20,17(14,4)5)15(22)21-12-18(6)9-13(21)8-16(2,3)11-18/h13-14H,7-12,20H2,1-6H3. The molecule has 4 atom stereocenters. The van der Waals surface area contributed by atoms with Crippen LogP contribution < -0.4 is 5.73 Å². The van der Waals surface area contributed by atoms with Gasteiger partial charge in [0.1, 0.15) is 5.54 Å². The van der Waals surface area contributed by atoms with Gasteiger partial charge in [-0.3, -0.25) is 4.79 Å². The Kier molecular flexibility index (Phi) is 3.71. The van der Waals surface area contributed by atoms with Crippen molar-refractivity contribution in [3.8, 4) is 0 Å². The van der Waals surface area contributed by atoms with Crippen LogP contribution in [-0.2, 0) is 9.53 Å². The van der Waals surface area contributed by atoms with Crippen molar-refractivity contribution in [2.24, 2.45) is 22.0 Å². The molecule has 0 aromatic heterocycles. The highest BCUT2D eigenvalue weighted by Crippen LogP contribution is 2.56. The van der Waals surface area contributed by atoms with Crippen molar-refractivity contribution in [3.63, 3.8) is 0 Å². The Bertz CT molecular complexity index is 515. The number of carbonyl (C=O) groups excluding carboxylic acids is 1. The van der Waals surface area contributed by atoms with Crippen LogP contribution in [0.15, 0.2) is 0 Å². The van der Waals surface area contributed by atoms with E-state index in [1.807, 2.05) is 6.92 Å². The molecule has 2 aliphatic carbocycles. The van der Waals surface area contributed by atoms with Gasteiger partial charge in [0, 0.05) is 31.0 Å². The third-order valence-corrected chi connectivity index (χ3v) is 6.89. The highest BCUT2D eigenvalue weighted by Gasteiger charge is 2.65. The Morgan fingerprint density at radius 2 is 1.83 bits per heavy atom. The van der Waals surface area contributed by atoms with E-state index in [9.17, 15) is 4.79 Å². The van der Waals surface area contributed by atoms with Gasteiger partial charge in [0.25, 0.3) is 0 Å². The van der Waals surface area contributed by atoms with E-state index in [4.69, 9.17) is 10.5 Å². The number of nitrogens with zero attached hydrogens (tertiary/aromatic N) is 1. The normalized spacial score (nSPS) is 44.0. The Balaban J connectivity index is 1.80. The maximum atomic E-state index is 13.4. The van der Waals surface area contributed by atoms with Crippen molar-refractivity contribution in [2.75, 3.05) is 13.2 Å². The first-order valence-electron chi connectivity index (χ1n) is 9.16. The van der Waals surface area contributed by atoms with Crippen molar-refractivity contribution in [2.45, 2.75) is 84.9 Å². The summed E-state index contributed by atoms with van der Waals surface area (Å²) in [5.41, 5.74) is 6.15. The summed E-state index contributed by atoms with van der Waals surface area (Å²) in [4.78, 5) is 15.5. The molecule has 0 radical (unpaired) electrons. The molecule has 23 heavy (non-hydrogen) atoms. The van der Waals surface area contributed by atoms with E-state index in [0.29, 0.717) is 24.5 Å². The summed E-state index contributed by atoms with van der Waals surface area (Å²) >= 11 is 0. The lowest BCUT2D eigenvalue weighted by atomic mass is 9.54. The monoisotopic (exact) mass is 322 g/mol. The second-order valence-electron chi connectivity index (χ2n) is 9.99. The Labute approximate surface area is 141 Å². The van der Waals surface area contributed by atoms with Crippen LogP contribution in [-0.4, -0.2) is 41.6 Å². The first-order valence-corrected chi connectivity index (χ1v) is 9.16. The minimum absolute atomic E-state index is 0.0930. The van der Waals surface area contributed by atoms with Crippen LogP contribution in [0.1, 0.15) is 67.2 Å². The third kappa shape index (κ3) is 2.44. The first-order chi connectivity index (χ1) is 10.4. The fourth-order valence-electron chi connectivity index (χ4n) is 5.75. The van der Waals surface area contributed by atoms with Gasteiger partial charge >= 0.3 is 0 Å². The van der Waals surface area contributed by atoms with Gasteiger partial charge in [-0.25, -0.2) is 0 Å². The zero-order valence-corrected chi connectivity index (χ0v) is 15.7. The van der Waals surface area contributed by atoms with Crippen molar-refractivity contribution in [1.29, 1.82) is 0 Å². The van der Waals surface area contributed by atoms with E-state index < -0.39 is 5.54 Å². The van der Waals surface area contributed by atoms with Crippen molar-refractivity contribution >= 4 is 5.91 Å². The number of hydrogen-bond acceptors (Lipinski definition) is 3. The predicted molar refractivity (Wildman–Crippen MR) is 92.0 cm³/mol. The lowest BCUT2D eigenvalue weighted by Crippen LogP contribution is -2.76. The second kappa shape index (κ2) is 4.95. The Morgan fingerprint density at radius 3 is 2.39 bits per heavy atom. The van der Waals surface area contributed by atoms with Gasteiger partial charge in [-0.05, 0) is 37.0 Å². The van der Waals surface area contributed by atoms with E-state index in [0.717, 1.165) is 19.4 Å². The Morgan fingerprint density at radius 1 is 1.17 bits per heavy atom. The SMILES string of the molecule is CCOC1CC(N)(C(=O)N2CC3(C)CC2CC(C)(C)C3)C1(C)C. The molecule has 2 bridgehead atoms. The Hall–Kier alpha value is -0.610. The molecule has 3 rings (SSSR count). The van der Waals surface area contributed by atoms with E-state index >= 15 is 0 Å². The molecule has 3 aliphatic rings. The van der Waals surface area contributed by atoms with Gasteiger partial charge in [-0.1, -0.05) is 34.6 Å². The van der Waals surface area contributed by atoms with Crippen LogP contribution >= 0.6 is 0 Å². The van der Waals surface area contributed by atoms with E-state index in [1.54, 1.807) is 0 Å². The number of carbonyl (C=O) groups is 1. The van der Waals surface area contributed by atoms with Crippen molar-refractivity contribution in [1.82, 2.24) is 4.90 Å². The van der Waals surface area contributed by atoms with E-state index in [-0.39, 0.29) is 22.8 Å². The second-order valence-corrected chi connectivity index (χ2v) is 9.99. The van der Waals surface area contributed by atoms with Crippen LogP contribution in [0.4, 0.5) is 0 Å². The van der Waals surface area contributed by atoms with E-state index in [1.165, 1.54) is 6.42 Å². The largest absolute Gasteiger partial charge is 0.378 e. The summed E-state index contributed by atoms with van der Waals surface area (Å²) in [6, 6.07) is 0.360. The molecule has 0 aromatic carbocycles. The minimum atomic E-state index is -0.773. The maximum absolute atomic E-state index is 13.4. The molecule has 2 saturated carbocycles. The maximum Gasteiger partial charge on any atom is 0.243 e. The predicted octanol–water partition coefficient (Wildman–Crippen LogP) is 2.95. The fraction of sp³-hybridized carbons (Fsp3) is 0.947. The number of rotatable bonds is 3. The molecule has 1 amide bonds. The summed E-state index contributed by atoms with van der Waals surface area (Å²) in [6.07, 6.45) is 4.17. The molecule has 4 unspecified atom stereocenters. The first kappa shape index (κ1) is 17.2. The molecular weight excluding hydrogens is 288 g/mol. The van der Waals surface area contributed by atoms with Crippen molar-refractivity contribution in [3.05, 3.63) is 0 Å². The summed E-state index contributed by atoms with van der Waals surface area (Å²) < 4.78 is 5.79. The zero-order valence-electron chi connectivity index (χ0n) is 15.7. The molecule has 132 valence electrons. The zero-order chi connectivity index (χ0) is 17.3. The van der Waals surface area contributed by atoms with Gasteiger partial charge < -0.3 is 15.4 Å².